The van der Waals surface area contributed by atoms with Crippen molar-refractivity contribution in [3.8, 4) is 17.2 Å². The van der Waals surface area contributed by atoms with E-state index in [2.05, 4.69) is 6.92 Å². The molecule has 0 aromatic heterocycles. The van der Waals surface area contributed by atoms with Crippen molar-refractivity contribution in [1.82, 2.24) is 0 Å². The lowest BCUT2D eigenvalue weighted by Crippen LogP contribution is -2.13. The molecule has 116 valence electrons. The molecule has 0 amide bonds. The highest BCUT2D eigenvalue weighted by atomic mass is 19.1. The van der Waals surface area contributed by atoms with Gasteiger partial charge in [0.2, 0.25) is 0 Å². The molecule has 2 aromatic carbocycles. The lowest BCUT2D eigenvalue weighted by atomic mass is 10.3. The summed E-state index contributed by atoms with van der Waals surface area (Å²) in [6.07, 6.45) is 1.17. The largest absolute Gasteiger partial charge is 0.519 e. The monoisotopic (exact) mass is 304 g/mol. The van der Waals surface area contributed by atoms with E-state index in [4.69, 9.17) is 14.2 Å². The highest BCUT2D eigenvalue weighted by Gasteiger charge is 2.08. The second-order valence-electron chi connectivity index (χ2n) is 4.58. The first-order chi connectivity index (χ1) is 10.7. The Balaban J connectivity index is 1.84. The van der Waals surface area contributed by atoms with Crippen LogP contribution in [0.25, 0.3) is 0 Å². The Bertz CT molecular complexity index is 593. The molecule has 0 aliphatic rings. The summed E-state index contributed by atoms with van der Waals surface area (Å²) < 4.78 is 28.2. The van der Waals surface area contributed by atoms with Gasteiger partial charge in [-0.15, -0.1) is 0 Å². The molecule has 2 aromatic rings. The normalized spacial score (nSPS) is 10.1. The first-order valence-corrected chi connectivity index (χ1v) is 7.05. The third-order valence-corrected chi connectivity index (χ3v) is 2.81. The minimum Gasteiger partial charge on any atom is -0.494 e. The zero-order chi connectivity index (χ0) is 15.8. The van der Waals surface area contributed by atoms with E-state index >= 15 is 0 Å². The predicted molar refractivity (Wildman–Crippen MR) is 79.9 cm³/mol. The second kappa shape index (κ2) is 8.02. The van der Waals surface area contributed by atoms with Gasteiger partial charge in [0, 0.05) is 0 Å². The van der Waals surface area contributed by atoms with Crippen LogP contribution in [-0.2, 0) is 0 Å². The fourth-order valence-electron chi connectivity index (χ4n) is 1.65. The molecule has 0 unspecified atom stereocenters. The number of halogens is 1. The summed E-state index contributed by atoms with van der Waals surface area (Å²) >= 11 is 0. The fraction of sp³-hybridized carbons (Fsp3) is 0.235. The van der Waals surface area contributed by atoms with Gasteiger partial charge >= 0.3 is 6.16 Å². The average molecular weight is 304 g/mol. The first kappa shape index (κ1) is 15.8. The Morgan fingerprint density at radius 3 is 1.95 bits per heavy atom. The molecule has 0 saturated carbocycles. The van der Waals surface area contributed by atoms with E-state index in [0.29, 0.717) is 18.1 Å². The van der Waals surface area contributed by atoms with Crippen molar-refractivity contribution < 1.29 is 23.4 Å². The van der Waals surface area contributed by atoms with Crippen LogP contribution in [0.4, 0.5) is 9.18 Å². The molecular formula is C17H17FO4. The summed E-state index contributed by atoms with van der Waals surface area (Å²) in [6.45, 7) is 2.75. The SMILES string of the molecule is CCCCOc1ccc(OC(=O)Oc2ccc(F)cc2)cc1. The van der Waals surface area contributed by atoms with Gasteiger partial charge in [0.15, 0.2) is 0 Å². The van der Waals surface area contributed by atoms with Crippen LogP contribution < -0.4 is 14.2 Å². The second-order valence-corrected chi connectivity index (χ2v) is 4.58. The lowest BCUT2D eigenvalue weighted by molar-refractivity contribution is 0.151. The molecule has 0 heterocycles. The van der Waals surface area contributed by atoms with Crippen LogP contribution in [-0.4, -0.2) is 12.8 Å². The van der Waals surface area contributed by atoms with Crippen LogP contribution in [0.15, 0.2) is 48.5 Å². The van der Waals surface area contributed by atoms with Crippen molar-refractivity contribution in [3.63, 3.8) is 0 Å². The summed E-state index contributed by atoms with van der Waals surface area (Å²) in [4.78, 5) is 11.6. The molecule has 0 saturated heterocycles. The standard InChI is InChI=1S/C17H17FO4/c1-2-3-12-20-14-8-10-16(11-9-14)22-17(19)21-15-6-4-13(18)5-7-15/h4-11H,2-3,12H2,1H3. The predicted octanol–water partition coefficient (Wildman–Crippen LogP) is 4.58. The minimum atomic E-state index is -0.883. The highest BCUT2D eigenvalue weighted by Crippen LogP contribution is 2.19. The van der Waals surface area contributed by atoms with Crippen molar-refractivity contribution in [2.45, 2.75) is 19.8 Å². The van der Waals surface area contributed by atoms with Gasteiger partial charge in [-0.25, -0.2) is 9.18 Å². The van der Waals surface area contributed by atoms with Crippen LogP contribution in [0.2, 0.25) is 0 Å². The maximum atomic E-state index is 12.7. The molecule has 0 fully saturated rings. The summed E-state index contributed by atoms with van der Waals surface area (Å²) in [5.41, 5.74) is 0. The van der Waals surface area contributed by atoms with E-state index in [9.17, 15) is 9.18 Å². The topological polar surface area (TPSA) is 44.8 Å². The molecule has 5 heteroatoms. The van der Waals surface area contributed by atoms with E-state index < -0.39 is 12.0 Å². The number of ether oxygens (including phenoxy) is 3. The Hall–Kier alpha value is -2.56. The highest BCUT2D eigenvalue weighted by molar-refractivity contribution is 5.67. The summed E-state index contributed by atoms with van der Waals surface area (Å²) in [5.74, 6) is 0.868. The van der Waals surface area contributed by atoms with Crippen LogP contribution in [0.1, 0.15) is 19.8 Å². The average Bonchev–Trinajstić information content (AvgIpc) is 2.51. The molecule has 0 radical (unpaired) electrons. The first-order valence-electron chi connectivity index (χ1n) is 7.05. The van der Waals surface area contributed by atoms with Crippen molar-refractivity contribution >= 4 is 6.16 Å². The maximum absolute atomic E-state index is 12.7. The Morgan fingerprint density at radius 2 is 1.41 bits per heavy atom. The van der Waals surface area contributed by atoms with Gasteiger partial charge in [-0.2, -0.15) is 0 Å². The summed E-state index contributed by atoms with van der Waals surface area (Å²) in [5, 5.41) is 0. The van der Waals surface area contributed by atoms with Crippen LogP contribution in [0.3, 0.4) is 0 Å². The maximum Gasteiger partial charge on any atom is 0.519 e. The molecule has 0 N–H and O–H groups in total. The molecule has 0 aliphatic carbocycles. The van der Waals surface area contributed by atoms with Gasteiger partial charge in [0.1, 0.15) is 23.1 Å². The van der Waals surface area contributed by atoms with Crippen LogP contribution in [0.5, 0.6) is 17.2 Å². The Labute approximate surface area is 128 Å². The number of carbonyl (C=O) groups excluding carboxylic acids is 1. The van der Waals surface area contributed by atoms with Crippen molar-refractivity contribution in [1.29, 1.82) is 0 Å². The molecule has 22 heavy (non-hydrogen) atoms. The van der Waals surface area contributed by atoms with Gasteiger partial charge in [0.25, 0.3) is 0 Å². The van der Waals surface area contributed by atoms with Gasteiger partial charge in [0.05, 0.1) is 6.61 Å². The summed E-state index contributed by atoms with van der Waals surface area (Å²) in [7, 11) is 0. The molecule has 0 bridgehead atoms. The van der Waals surface area contributed by atoms with Gasteiger partial charge in [-0.1, -0.05) is 13.3 Å². The number of unbranched alkanes of at least 4 members (excludes halogenated alkanes) is 1. The van der Waals surface area contributed by atoms with E-state index in [1.54, 1.807) is 24.3 Å². The quantitative estimate of drug-likeness (QED) is 0.445. The van der Waals surface area contributed by atoms with Crippen molar-refractivity contribution in [2.75, 3.05) is 6.61 Å². The van der Waals surface area contributed by atoms with E-state index in [-0.39, 0.29) is 5.75 Å². The molecule has 0 aliphatic heterocycles. The molecule has 0 atom stereocenters. The molecule has 4 nitrogen and oxygen atoms in total. The Kier molecular flexibility index (Phi) is 5.77. The van der Waals surface area contributed by atoms with Crippen LogP contribution >= 0.6 is 0 Å². The zero-order valence-corrected chi connectivity index (χ0v) is 12.3. The molecule has 0 spiro atoms. The van der Waals surface area contributed by atoms with Crippen LogP contribution in [0, 0.1) is 5.82 Å². The fourth-order valence-corrected chi connectivity index (χ4v) is 1.65. The van der Waals surface area contributed by atoms with Crippen molar-refractivity contribution in [3.05, 3.63) is 54.3 Å². The smallest absolute Gasteiger partial charge is 0.494 e. The lowest BCUT2D eigenvalue weighted by Gasteiger charge is -2.07. The third kappa shape index (κ3) is 5.09. The van der Waals surface area contributed by atoms with E-state index in [1.165, 1.54) is 24.3 Å². The number of hydrogen-bond donors (Lipinski definition) is 0. The Morgan fingerprint density at radius 1 is 0.909 bits per heavy atom. The van der Waals surface area contributed by atoms with Gasteiger partial charge < -0.3 is 14.2 Å². The third-order valence-electron chi connectivity index (χ3n) is 2.81. The summed E-state index contributed by atoms with van der Waals surface area (Å²) in [6, 6.07) is 11.8. The van der Waals surface area contributed by atoms with Crippen molar-refractivity contribution in [2.24, 2.45) is 0 Å². The molecule has 2 rings (SSSR count). The minimum absolute atomic E-state index is 0.214. The zero-order valence-electron chi connectivity index (χ0n) is 12.3. The van der Waals surface area contributed by atoms with E-state index in [1.807, 2.05) is 0 Å². The number of rotatable bonds is 6. The molecular weight excluding hydrogens is 287 g/mol. The number of carbonyl (C=O) groups is 1. The number of hydrogen-bond acceptors (Lipinski definition) is 4. The van der Waals surface area contributed by atoms with Gasteiger partial charge in [-0.3, -0.25) is 0 Å². The van der Waals surface area contributed by atoms with E-state index in [0.717, 1.165) is 12.8 Å². The van der Waals surface area contributed by atoms with Gasteiger partial charge in [-0.05, 0) is 55.0 Å². The number of benzene rings is 2.